The molecule has 21 heavy (non-hydrogen) atoms. The predicted octanol–water partition coefficient (Wildman–Crippen LogP) is 3.01. The lowest BCUT2D eigenvalue weighted by molar-refractivity contribution is -0.123. The topological polar surface area (TPSA) is 55.1 Å². The molecule has 0 aliphatic carbocycles. The maximum atomic E-state index is 11.9. The summed E-state index contributed by atoms with van der Waals surface area (Å²) in [5.41, 5.74) is 7.19. The van der Waals surface area contributed by atoms with Gasteiger partial charge in [-0.1, -0.05) is 49.4 Å². The summed E-state index contributed by atoms with van der Waals surface area (Å²) in [5, 5.41) is 5.40. The van der Waals surface area contributed by atoms with E-state index in [1.54, 1.807) is 0 Å². The molecule has 1 amide bonds. The van der Waals surface area contributed by atoms with Crippen molar-refractivity contribution >= 4 is 16.7 Å². The lowest BCUT2D eigenvalue weighted by atomic mass is 10.0. The molecule has 0 aromatic heterocycles. The molecule has 2 atom stereocenters. The number of carbonyl (C=O) groups excluding carboxylic acids is 1. The number of nitrogens with one attached hydrogen (secondary N) is 1. The Balaban J connectivity index is 1.93. The maximum Gasteiger partial charge on any atom is 0.237 e. The second-order valence-electron chi connectivity index (χ2n) is 5.64. The Morgan fingerprint density at radius 1 is 1.19 bits per heavy atom. The Morgan fingerprint density at radius 3 is 2.62 bits per heavy atom. The highest BCUT2D eigenvalue weighted by Gasteiger charge is 2.14. The first kappa shape index (κ1) is 15.5. The van der Waals surface area contributed by atoms with Gasteiger partial charge in [-0.25, -0.2) is 0 Å². The van der Waals surface area contributed by atoms with Gasteiger partial charge < -0.3 is 11.1 Å². The van der Waals surface area contributed by atoms with Gasteiger partial charge in [-0.2, -0.15) is 0 Å². The summed E-state index contributed by atoms with van der Waals surface area (Å²) in [6.07, 6.45) is 2.41. The molecule has 3 heteroatoms. The van der Waals surface area contributed by atoms with Crippen LogP contribution in [0.2, 0.25) is 0 Å². The average Bonchev–Trinajstić information content (AvgIpc) is 2.52. The van der Waals surface area contributed by atoms with E-state index in [-0.39, 0.29) is 11.9 Å². The summed E-state index contributed by atoms with van der Waals surface area (Å²) in [6.45, 7) is 4.04. The molecule has 3 nitrogen and oxygen atoms in total. The zero-order valence-corrected chi connectivity index (χ0v) is 12.8. The van der Waals surface area contributed by atoms with Crippen LogP contribution in [0, 0.1) is 0 Å². The van der Waals surface area contributed by atoms with Gasteiger partial charge in [0.05, 0.1) is 6.04 Å². The molecular formula is C18H24N2O. The Kier molecular flexibility index (Phi) is 5.34. The molecule has 0 spiro atoms. The van der Waals surface area contributed by atoms with Crippen LogP contribution in [0.1, 0.15) is 32.3 Å². The lowest BCUT2D eigenvalue weighted by Crippen LogP contribution is -2.44. The highest BCUT2D eigenvalue weighted by molar-refractivity contribution is 5.83. The summed E-state index contributed by atoms with van der Waals surface area (Å²) in [6, 6.07) is 14.4. The predicted molar refractivity (Wildman–Crippen MR) is 88.1 cm³/mol. The Labute approximate surface area is 126 Å². The Hall–Kier alpha value is -1.87. The molecule has 0 heterocycles. The molecule has 2 aromatic carbocycles. The van der Waals surface area contributed by atoms with Gasteiger partial charge in [0.1, 0.15) is 0 Å². The van der Waals surface area contributed by atoms with Gasteiger partial charge >= 0.3 is 0 Å². The number of fused-ring (bicyclic) bond motifs is 1. The number of rotatable bonds is 6. The number of nitrogens with two attached hydrogens (primary N) is 1. The molecule has 0 aliphatic heterocycles. The molecule has 0 aliphatic rings. The minimum Gasteiger partial charge on any atom is -0.352 e. The molecule has 3 N–H and O–H groups in total. The molecule has 0 bridgehead atoms. The van der Waals surface area contributed by atoms with Crippen LogP contribution in [-0.4, -0.2) is 18.0 Å². The standard InChI is InChI=1S/C18H24N2O/c1-3-13(2)20-18(21)17(19)11-9-14-8-10-15-6-4-5-7-16(15)12-14/h4-8,10,12-13,17H,3,9,11,19H2,1-2H3,(H,20,21). The molecule has 2 unspecified atom stereocenters. The number of carbonyl (C=O) groups is 1. The van der Waals surface area contributed by atoms with E-state index in [4.69, 9.17) is 5.73 Å². The molecular weight excluding hydrogens is 260 g/mol. The number of hydrogen-bond donors (Lipinski definition) is 2. The quantitative estimate of drug-likeness (QED) is 0.856. The van der Waals surface area contributed by atoms with E-state index >= 15 is 0 Å². The third kappa shape index (κ3) is 4.30. The highest BCUT2D eigenvalue weighted by atomic mass is 16.2. The van der Waals surface area contributed by atoms with E-state index in [1.807, 2.05) is 26.0 Å². The minimum absolute atomic E-state index is 0.0508. The first-order valence-corrected chi connectivity index (χ1v) is 7.63. The van der Waals surface area contributed by atoms with Gasteiger partial charge in [0.25, 0.3) is 0 Å². The van der Waals surface area contributed by atoms with Gasteiger partial charge in [-0.15, -0.1) is 0 Å². The van der Waals surface area contributed by atoms with Crippen LogP contribution in [0.4, 0.5) is 0 Å². The fraction of sp³-hybridized carbons (Fsp3) is 0.389. The van der Waals surface area contributed by atoms with Crippen molar-refractivity contribution in [3.8, 4) is 0 Å². The van der Waals surface area contributed by atoms with Crippen LogP contribution >= 0.6 is 0 Å². The van der Waals surface area contributed by atoms with Crippen molar-refractivity contribution in [1.29, 1.82) is 0 Å². The molecule has 0 saturated heterocycles. The first-order valence-electron chi connectivity index (χ1n) is 7.63. The Bertz CT molecular complexity index is 609. The van der Waals surface area contributed by atoms with Crippen molar-refractivity contribution in [2.75, 3.05) is 0 Å². The van der Waals surface area contributed by atoms with Crippen molar-refractivity contribution in [1.82, 2.24) is 5.32 Å². The molecule has 0 radical (unpaired) electrons. The van der Waals surface area contributed by atoms with Gasteiger partial charge in [-0.3, -0.25) is 4.79 Å². The van der Waals surface area contributed by atoms with Crippen molar-refractivity contribution in [2.24, 2.45) is 5.73 Å². The van der Waals surface area contributed by atoms with Crippen LogP contribution in [0.5, 0.6) is 0 Å². The van der Waals surface area contributed by atoms with E-state index < -0.39 is 6.04 Å². The van der Waals surface area contributed by atoms with Gasteiger partial charge in [-0.05, 0) is 42.5 Å². The maximum absolute atomic E-state index is 11.9. The lowest BCUT2D eigenvalue weighted by Gasteiger charge is -2.16. The normalized spacial score (nSPS) is 13.9. The van der Waals surface area contributed by atoms with E-state index in [9.17, 15) is 4.79 Å². The number of aryl methyl sites for hydroxylation is 1. The number of amides is 1. The fourth-order valence-electron chi connectivity index (χ4n) is 2.30. The third-order valence-electron chi connectivity index (χ3n) is 3.90. The third-order valence-corrected chi connectivity index (χ3v) is 3.90. The molecule has 2 rings (SSSR count). The minimum atomic E-state index is -0.439. The average molecular weight is 284 g/mol. The van der Waals surface area contributed by atoms with E-state index in [0.717, 1.165) is 12.8 Å². The van der Waals surface area contributed by atoms with Crippen LogP contribution in [-0.2, 0) is 11.2 Å². The van der Waals surface area contributed by atoms with Crippen molar-refractivity contribution in [2.45, 2.75) is 45.2 Å². The van der Waals surface area contributed by atoms with Gasteiger partial charge in [0, 0.05) is 6.04 Å². The van der Waals surface area contributed by atoms with E-state index in [0.29, 0.717) is 6.42 Å². The smallest absolute Gasteiger partial charge is 0.237 e. The van der Waals surface area contributed by atoms with Crippen LogP contribution in [0.3, 0.4) is 0 Å². The van der Waals surface area contributed by atoms with Gasteiger partial charge in [0.15, 0.2) is 0 Å². The van der Waals surface area contributed by atoms with E-state index in [1.165, 1.54) is 16.3 Å². The molecule has 112 valence electrons. The number of hydrogen-bond acceptors (Lipinski definition) is 2. The summed E-state index contributed by atoms with van der Waals surface area (Å²) in [5.74, 6) is -0.0508. The molecule has 2 aromatic rings. The summed E-state index contributed by atoms with van der Waals surface area (Å²) in [4.78, 5) is 11.9. The first-order chi connectivity index (χ1) is 10.1. The van der Waals surface area contributed by atoms with Crippen molar-refractivity contribution in [3.05, 3.63) is 48.0 Å². The molecule has 0 fully saturated rings. The van der Waals surface area contributed by atoms with E-state index in [2.05, 4.69) is 35.6 Å². The monoisotopic (exact) mass is 284 g/mol. The van der Waals surface area contributed by atoms with Crippen LogP contribution in [0.25, 0.3) is 10.8 Å². The number of benzene rings is 2. The zero-order valence-electron chi connectivity index (χ0n) is 12.8. The SMILES string of the molecule is CCC(C)NC(=O)C(N)CCc1ccc2ccccc2c1. The second-order valence-corrected chi connectivity index (χ2v) is 5.64. The van der Waals surface area contributed by atoms with Gasteiger partial charge in [0.2, 0.25) is 5.91 Å². The molecule has 0 saturated carbocycles. The summed E-state index contributed by atoms with van der Waals surface area (Å²) < 4.78 is 0. The van der Waals surface area contributed by atoms with Crippen LogP contribution < -0.4 is 11.1 Å². The fourth-order valence-corrected chi connectivity index (χ4v) is 2.30. The zero-order chi connectivity index (χ0) is 15.2. The largest absolute Gasteiger partial charge is 0.352 e. The summed E-state index contributed by atoms with van der Waals surface area (Å²) in [7, 11) is 0. The Morgan fingerprint density at radius 2 is 1.90 bits per heavy atom. The van der Waals surface area contributed by atoms with Crippen molar-refractivity contribution in [3.63, 3.8) is 0 Å². The van der Waals surface area contributed by atoms with Crippen LogP contribution in [0.15, 0.2) is 42.5 Å². The summed E-state index contributed by atoms with van der Waals surface area (Å²) >= 11 is 0. The van der Waals surface area contributed by atoms with Crippen molar-refractivity contribution < 1.29 is 4.79 Å². The highest BCUT2D eigenvalue weighted by Crippen LogP contribution is 2.16. The second kappa shape index (κ2) is 7.23.